The van der Waals surface area contributed by atoms with Crippen molar-refractivity contribution in [2.24, 2.45) is 5.14 Å². The molecule has 138 valence electrons. The molecule has 1 aromatic rings. The van der Waals surface area contributed by atoms with Crippen molar-refractivity contribution in [2.45, 2.75) is 54.2 Å². The molecule has 0 heterocycles. The fourth-order valence-corrected chi connectivity index (χ4v) is 4.80. The zero-order valence-corrected chi connectivity index (χ0v) is 15.6. The van der Waals surface area contributed by atoms with Gasteiger partial charge in [-0.25, -0.2) is 13.6 Å². The molecule has 0 aliphatic heterocycles. The third-order valence-electron chi connectivity index (χ3n) is 4.65. The van der Waals surface area contributed by atoms with E-state index in [0.717, 1.165) is 25.7 Å². The Hall–Kier alpha value is -1.44. The number of carbonyl (C=O) groups excluding carboxylic acids is 2. The first-order chi connectivity index (χ1) is 11.8. The molecule has 2 rings (SSSR count). The monoisotopic (exact) mass is 387 g/mol. The van der Waals surface area contributed by atoms with Gasteiger partial charge in [-0.05, 0) is 42.7 Å². The summed E-state index contributed by atoms with van der Waals surface area (Å²) >= 11 is 6.14. The van der Waals surface area contributed by atoms with Crippen LogP contribution in [0.25, 0.3) is 0 Å². The van der Waals surface area contributed by atoms with E-state index in [1.165, 1.54) is 13.2 Å². The van der Waals surface area contributed by atoms with Gasteiger partial charge in [0.2, 0.25) is 10.0 Å². The number of methoxy groups -OCH3 is 1. The Morgan fingerprint density at radius 2 is 2.00 bits per heavy atom. The second-order valence-corrected chi connectivity index (χ2v) is 8.35. The number of halogens is 1. The zero-order chi connectivity index (χ0) is 18.6. The van der Waals surface area contributed by atoms with Crippen LogP contribution in [-0.4, -0.2) is 33.2 Å². The molecule has 1 atom stereocenters. The van der Waals surface area contributed by atoms with Gasteiger partial charge >= 0.3 is 5.97 Å². The molecule has 1 aliphatic carbocycles. The van der Waals surface area contributed by atoms with Gasteiger partial charge in [0.15, 0.2) is 0 Å². The largest absolute Gasteiger partial charge is 0.469 e. The lowest BCUT2D eigenvalue weighted by Crippen LogP contribution is -2.24. The van der Waals surface area contributed by atoms with Gasteiger partial charge in [-0.15, -0.1) is 11.6 Å². The predicted molar refractivity (Wildman–Crippen MR) is 94.1 cm³/mol. The molecule has 0 spiro atoms. The van der Waals surface area contributed by atoms with Crippen LogP contribution in [0.5, 0.6) is 0 Å². The Morgan fingerprint density at radius 1 is 1.36 bits per heavy atom. The van der Waals surface area contributed by atoms with Crippen LogP contribution >= 0.6 is 11.6 Å². The highest BCUT2D eigenvalue weighted by Crippen LogP contribution is 2.40. The van der Waals surface area contributed by atoms with Gasteiger partial charge in [0.1, 0.15) is 6.29 Å². The second kappa shape index (κ2) is 8.29. The predicted octanol–water partition coefficient (Wildman–Crippen LogP) is 2.44. The fourth-order valence-electron chi connectivity index (χ4n) is 3.45. The number of ether oxygens (including phenoxy) is 1. The van der Waals surface area contributed by atoms with E-state index >= 15 is 0 Å². The maximum Gasteiger partial charge on any atom is 0.313 e. The molecule has 1 saturated carbocycles. The second-order valence-electron chi connectivity index (χ2n) is 6.24. The molecule has 25 heavy (non-hydrogen) atoms. The number of rotatable bonds is 6. The number of sulfonamides is 1. The average Bonchev–Trinajstić information content (AvgIpc) is 2.58. The lowest BCUT2D eigenvalue weighted by atomic mass is 9.82. The van der Waals surface area contributed by atoms with E-state index in [0.29, 0.717) is 11.8 Å². The molecular formula is C17H22ClNO5S. The van der Waals surface area contributed by atoms with Gasteiger partial charge in [-0.1, -0.05) is 18.2 Å². The molecule has 2 N–H and O–H groups in total. The number of alkyl halides is 1. The molecule has 8 heteroatoms. The number of carbonyl (C=O) groups is 2. The molecule has 1 unspecified atom stereocenters. The van der Waals surface area contributed by atoms with Crippen molar-refractivity contribution in [3.05, 3.63) is 29.3 Å². The van der Waals surface area contributed by atoms with Crippen molar-refractivity contribution in [2.75, 3.05) is 7.11 Å². The van der Waals surface area contributed by atoms with Gasteiger partial charge in [0.25, 0.3) is 0 Å². The van der Waals surface area contributed by atoms with Crippen LogP contribution in [0.2, 0.25) is 0 Å². The molecule has 0 radical (unpaired) electrons. The molecule has 0 amide bonds. The van der Waals surface area contributed by atoms with E-state index < -0.39 is 21.9 Å². The molecule has 1 aromatic carbocycles. The number of aldehydes is 1. The van der Waals surface area contributed by atoms with E-state index in [1.54, 1.807) is 12.1 Å². The lowest BCUT2D eigenvalue weighted by molar-refractivity contribution is -0.143. The lowest BCUT2D eigenvalue weighted by Gasteiger charge is -2.28. The SMILES string of the molecule is COC(=O)C(CC=O)c1cccc(C2CCC(Cl)CC2)c1S(N)(=O)=O. The Kier molecular flexibility index (Phi) is 6.59. The van der Waals surface area contributed by atoms with Crippen molar-refractivity contribution < 1.29 is 22.7 Å². The van der Waals surface area contributed by atoms with Gasteiger partial charge in [-0.3, -0.25) is 4.79 Å². The third-order valence-corrected chi connectivity index (χ3v) is 6.13. The summed E-state index contributed by atoms with van der Waals surface area (Å²) in [6.07, 6.45) is 3.46. The summed E-state index contributed by atoms with van der Waals surface area (Å²) < 4.78 is 29.4. The molecular weight excluding hydrogens is 366 g/mol. The normalized spacial score (nSPS) is 22.2. The Balaban J connectivity index is 2.59. The standard InChI is InChI=1S/C17H22ClNO5S/c1-24-17(21)15(9-10-20)14-4-2-3-13(16(14)25(19,22)23)11-5-7-12(18)8-6-11/h2-4,10-12,15H,5-9H2,1H3,(H2,19,22,23). The van der Waals surface area contributed by atoms with Gasteiger partial charge in [0, 0.05) is 11.8 Å². The summed E-state index contributed by atoms with van der Waals surface area (Å²) in [4.78, 5) is 23.0. The van der Waals surface area contributed by atoms with E-state index in [2.05, 4.69) is 0 Å². The minimum Gasteiger partial charge on any atom is -0.469 e. The van der Waals surface area contributed by atoms with Gasteiger partial charge in [0.05, 0.1) is 17.9 Å². The van der Waals surface area contributed by atoms with Crippen molar-refractivity contribution in [1.82, 2.24) is 0 Å². The molecule has 0 saturated heterocycles. The maximum absolute atomic E-state index is 12.3. The summed E-state index contributed by atoms with van der Waals surface area (Å²) in [7, 11) is -2.89. The zero-order valence-electron chi connectivity index (χ0n) is 14.0. The number of hydrogen-bond acceptors (Lipinski definition) is 5. The number of benzene rings is 1. The molecule has 1 fully saturated rings. The van der Waals surface area contributed by atoms with Crippen molar-refractivity contribution in [1.29, 1.82) is 0 Å². The minimum atomic E-state index is -4.09. The van der Waals surface area contributed by atoms with Crippen molar-refractivity contribution in [3.63, 3.8) is 0 Å². The molecule has 0 aromatic heterocycles. The highest BCUT2D eigenvalue weighted by Gasteiger charge is 2.32. The van der Waals surface area contributed by atoms with E-state index in [-0.39, 0.29) is 28.2 Å². The summed E-state index contributed by atoms with van der Waals surface area (Å²) in [6.45, 7) is 0. The molecule has 1 aliphatic rings. The Bertz CT molecular complexity index is 741. The van der Waals surface area contributed by atoms with Gasteiger partial charge in [-0.2, -0.15) is 0 Å². The summed E-state index contributed by atoms with van der Waals surface area (Å²) in [6, 6.07) is 4.92. The van der Waals surface area contributed by atoms with Crippen LogP contribution in [0.1, 0.15) is 55.1 Å². The van der Waals surface area contributed by atoms with Crippen molar-refractivity contribution in [3.8, 4) is 0 Å². The van der Waals surface area contributed by atoms with E-state index in [1.807, 2.05) is 0 Å². The van der Waals surface area contributed by atoms with Crippen LogP contribution in [0.4, 0.5) is 0 Å². The van der Waals surface area contributed by atoms with E-state index in [9.17, 15) is 18.0 Å². The van der Waals surface area contributed by atoms with Crippen LogP contribution in [-0.2, 0) is 24.3 Å². The fraction of sp³-hybridized carbons (Fsp3) is 0.529. The third kappa shape index (κ3) is 4.59. The summed E-state index contributed by atoms with van der Waals surface area (Å²) in [5.41, 5.74) is 0.801. The first kappa shape index (κ1) is 19.9. The molecule has 0 bridgehead atoms. The van der Waals surface area contributed by atoms with Crippen LogP contribution in [0.15, 0.2) is 23.1 Å². The number of esters is 1. The minimum absolute atomic E-state index is 0.00203. The quantitative estimate of drug-likeness (QED) is 0.458. The Labute approximate surface area is 152 Å². The Morgan fingerprint density at radius 3 is 2.52 bits per heavy atom. The highest BCUT2D eigenvalue weighted by atomic mass is 35.5. The first-order valence-corrected chi connectivity index (χ1v) is 10.1. The maximum atomic E-state index is 12.3. The highest BCUT2D eigenvalue weighted by molar-refractivity contribution is 7.89. The summed E-state index contributed by atoms with van der Waals surface area (Å²) in [5, 5.41) is 5.57. The summed E-state index contributed by atoms with van der Waals surface area (Å²) in [5.74, 6) is -1.67. The van der Waals surface area contributed by atoms with Crippen LogP contribution in [0, 0.1) is 0 Å². The number of nitrogens with two attached hydrogens (primary N) is 1. The van der Waals surface area contributed by atoms with Crippen LogP contribution in [0.3, 0.4) is 0 Å². The molecule has 6 nitrogen and oxygen atoms in total. The smallest absolute Gasteiger partial charge is 0.313 e. The topological polar surface area (TPSA) is 104 Å². The number of primary sulfonamides is 1. The van der Waals surface area contributed by atoms with Gasteiger partial charge < -0.3 is 9.53 Å². The number of hydrogen-bond donors (Lipinski definition) is 1. The first-order valence-electron chi connectivity index (χ1n) is 8.10. The van der Waals surface area contributed by atoms with Crippen molar-refractivity contribution >= 4 is 33.9 Å². The average molecular weight is 388 g/mol. The van der Waals surface area contributed by atoms with E-state index in [4.69, 9.17) is 21.5 Å². The van der Waals surface area contributed by atoms with Crippen LogP contribution < -0.4 is 5.14 Å².